The molecule has 0 radical (unpaired) electrons. The molecule has 0 bridgehead atoms. The van der Waals surface area contributed by atoms with Crippen molar-refractivity contribution in [3.05, 3.63) is 23.8 Å². The van der Waals surface area contributed by atoms with Crippen molar-refractivity contribution in [2.24, 2.45) is 5.73 Å². The van der Waals surface area contributed by atoms with Crippen LogP contribution in [-0.4, -0.2) is 24.4 Å². The number of hydrogen-bond donors (Lipinski definition) is 1. The molecule has 2 N–H and O–H groups in total. The second-order valence-corrected chi connectivity index (χ2v) is 6.86. The SMILES string of the molecule is CCSc1cccc(N(CC)C2CCC(N)CC2)c1C#N. The Balaban J connectivity index is 2.29. The summed E-state index contributed by atoms with van der Waals surface area (Å²) in [6.07, 6.45) is 4.44. The van der Waals surface area contributed by atoms with Crippen LogP contribution in [-0.2, 0) is 0 Å². The van der Waals surface area contributed by atoms with Gasteiger partial charge in [0, 0.05) is 23.5 Å². The van der Waals surface area contributed by atoms with Gasteiger partial charge < -0.3 is 10.6 Å². The van der Waals surface area contributed by atoms with Gasteiger partial charge in [0.05, 0.1) is 11.3 Å². The summed E-state index contributed by atoms with van der Waals surface area (Å²) in [4.78, 5) is 3.51. The zero-order chi connectivity index (χ0) is 15.2. The van der Waals surface area contributed by atoms with E-state index in [2.05, 4.69) is 43.0 Å². The lowest BCUT2D eigenvalue weighted by Crippen LogP contribution is -2.41. The number of nitrogens with zero attached hydrogens (tertiary/aromatic N) is 2. The van der Waals surface area contributed by atoms with Gasteiger partial charge in [-0.15, -0.1) is 11.8 Å². The quantitative estimate of drug-likeness (QED) is 0.841. The molecule has 2 rings (SSSR count). The number of thioether (sulfide) groups is 1. The van der Waals surface area contributed by atoms with Crippen molar-refractivity contribution in [3.63, 3.8) is 0 Å². The van der Waals surface area contributed by atoms with Gasteiger partial charge in [0.1, 0.15) is 6.07 Å². The first-order chi connectivity index (χ1) is 10.2. The van der Waals surface area contributed by atoms with E-state index in [1.165, 1.54) is 0 Å². The highest BCUT2D eigenvalue weighted by molar-refractivity contribution is 7.99. The molecule has 0 unspecified atom stereocenters. The molecule has 0 heterocycles. The molecular formula is C17H25N3S. The molecule has 3 nitrogen and oxygen atoms in total. The average Bonchev–Trinajstić information content (AvgIpc) is 2.50. The zero-order valence-corrected chi connectivity index (χ0v) is 13.8. The molecule has 1 aliphatic rings. The normalized spacial score (nSPS) is 21.8. The molecular weight excluding hydrogens is 278 g/mol. The fourth-order valence-corrected chi connectivity index (χ4v) is 3.97. The molecule has 0 amide bonds. The highest BCUT2D eigenvalue weighted by Crippen LogP contribution is 2.33. The molecule has 4 heteroatoms. The third kappa shape index (κ3) is 3.72. The number of anilines is 1. The van der Waals surface area contributed by atoms with Crippen molar-refractivity contribution in [1.29, 1.82) is 5.26 Å². The Kier molecular flexibility index (Phi) is 5.96. The summed E-state index contributed by atoms with van der Waals surface area (Å²) < 4.78 is 0. The molecule has 0 spiro atoms. The van der Waals surface area contributed by atoms with Crippen LogP contribution in [0, 0.1) is 11.3 Å². The summed E-state index contributed by atoms with van der Waals surface area (Å²) >= 11 is 1.75. The minimum Gasteiger partial charge on any atom is -0.368 e. The van der Waals surface area contributed by atoms with Gasteiger partial charge >= 0.3 is 0 Å². The summed E-state index contributed by atoms with van der Waals surface area (Å²) in [6, 6.07) is 9.53. The second-order valence-electron chi connectivity index (χ2n) is 5.55. The maximum Gasteiger partial charge on any atom is 0.103 e. The highest BCUT2D eigenvalue weighted by atomic mass is 32.2. The first-order valence-electron chi connectivity index (χ1n) is 7.89. The zero-order valence-electron chi connectivity index (χ0n) is 13.0. The number of nitriles is 1. The van der Waals surface area contributed by atoms with Gasteiger partial charge in [0.25, 0.3) is 0 Å². The van der Waals surface area contributed by atoms with E-state index >= 15 is 0 Å². The van der Waals surface area contributed by atoms with Gasteiger partial charge in [-0.2, -0.15) is 5.26 Å². The van der Waals surface area contributed by atoms with Crippen LogP contribution in [0.1, 0.15) is 45.1 Å². The molecule has 1 saturated carbocycles. The molecule has 0 saturated heterocycles. The summed E-state index contributed by atoms with van der Waals surface area (Å²) in [5, 5.41) is 9.60. The van der Waals surface area contributed by atoms with Gasteiger partial charge in [-0.05, 0) is 50.5 Å². The minimum absolute atomic E-state index is 0.359. The van der Waals surface area contributed by atoms with Gasteiger partial charge in [-0.25, -0.2) is 0 Å². The van der Waals surface area contributed by atoms with E-state index in [0.29, 0.717) is 12.1 Å². The van der Waals surface area contributed by atoms with E-state index < -0.39 is 0 Å². The first kappa shape index (κ1) is 16.2. The lowest BCUT2D eigenvalue weighted by Gasteiger charge is -2.37. The molecule has 1 aliphatic carbocycles. The van der Waals surface area contributed by atoms with Gasteiger partial charge in [-0.3, -0.25) is 0 Å². The fraction of sp³-hybridized carbons (Fsp3) is 0.588. The van der Waals surface area contributed by atoms with Crippen LogP contribution in [0.4, 0.5) is 5.69 Å². The summed E-state index contributed by atoms with van der Waals surface area (Å²) in [7, 11) is 0. The molecule has 114 valence electrons. The summed E-state index contributed by atoms with van der Waals surface area (Å²) in [6.45, 7) is 5.24. The summed E-state index contributed by atoms with van der Waals surface area (Å²) in [5.41, 5.74) is 7.95. The van der Waals surface area contributed by atoms with Crippen LogP contribution in [0.25, 0.3) is 0 Å². The van der Waals surface area contributed by atoms with Crippen LogP contribution >= 0.6 is 11.8 Å². The third-order valence-electron chi connectivity index (χ3n) is 4.25. The largest absolute Gasteiger partial charge is 0.368 e. The van der Waals surface area contributed by atoms with E-state index in [-0.39, 0.29) is 0 Å². The van der Waals surface area contributed by atoms with Gasteiger partial charge in [-0.1, -0.05) is 13.0 Å². The van der Waals surface area contributed by atoms with Crippen molar-refractivity contribution in [3.8, 4) is 6.07 Å². The van der Waals surface area contributed by atoms with E-state index in [0.717, 1.165) is 54.1 Å². The Hall–Kier alpha value is -1.18. The maximum atomic E-state index is 9.60. The van der Waals surface area contributed by atoms with E-state index in [4.69, 9.17) is 5.73 Å². The highest BCUT2D eigenvalue weighted by Gasteiger charge is 2.25. The number of nitrogens with two attached hydrogens (primary N) is 1. The third-order valence-corrected chi connectivity index (χ3v) is 5.19. The topological polar surface area (TPSA) is 53.0 Å². The molecule has 21 heavy (non-hydrogen) atoms. The fourth-order valence-electron chi connectivity index (χ4n) is 3.19. The minimum atomic E-state index is 0.359. The lowest BCUT2D eigenvalue weighted by atomic mass is 9.90. The van der Waals surface area contributed by atoms with Crippen molar-refractivity contribution in [2.45, 2.75) is 56.5 Å². The molecule has 1 aromatic rings. The Morgan fingerprint density at radius 2 is 2.00 bits per heavy atom. The second kappa shape index (κ2) is 7.72. The molecule has 0 aliphatic heterocycles. The maximum absolute atomic E-state index is 9.60. The van der Waals surface area contributed by atoms with Crippen molar-refractivity contribution >= 4 is 17.4 Å². The van der Waals surface area contributed by atoms with Crippen LogP contribution in [0.3, 0.4) is 0 Å². The number of benzene rings is 1. The molecule has 0 atom stereocenters. The van der Waals surface area contributed by atoms with Crippen molar-refractivity contribution < 1.29 is 0 Å². The van der Waals surface area contributed by atoms with Crippen LogP contribution in [0.2, 0.25) is 0 Å². The predicted octanol–water partition coefficient (Wildman–Crippen LogP) is 3.77. The van der Waals surface area contributed by atoms with E-state index in [9.17, 15) is 5.26 Å². The number of rotatable bonds is 5. The van der Waals surface area contributed by atoms with Gasteiger partial charge in [0.2, 0.25) is 0 Å². The standard InChI is InChI=1S/C17H25N3S/c1-3-20(14-10-8-13(19)9-11-14)16-6-5-7-17(21-4-2)15(16)12-18/h5-7,13-14H,3-4,8-11,19H2,1-2H3. The number of hydrogen-bond acceptors (Lipinski definition) is 4. The summed E-state index contributed by atoms with van der Waals surface area (Å²) in [5.74, 6) is 0.989. The van der Waals surface area contributed by atoms with E-state index in [1.807, 2.05) is 0 Å². The lowest BCUT2D eigenvalue weighted by molar-refractivity contribution is 0.378. The smallest absolute Gasteiger partial charge is 0.103 e. The molecule has 0 aromatic heterocycles. The Labute approximate surface area is 132 Å². The molecule has 1 aromatic carbocycles. The van der Waals surface area contributed by atoms with Crippen molar-refractivity contribution in [1.82, 2.24) is 0 Å². The van der Waals surface area contributed by atoms with Crippen LogP contribution in [0.15, 0.2) is 23.1 Å². The Morgan fingerprint density at radius 1 is 1.29 bits per heavy atom. The monoisotopic (exact) mass is 303 g/mol. The van der Waals surface area contributed by atoms with Gasteiger partial charge in [0.15, 0.2) is 0 Å². The Bertz CT molecular complexity index is 501. The molecule has 1 fully saturated rings. The van der Waals surface area contributed by atoms with Crippen LogP contribution in [0.5, 0.6) is 0 Å². The first-order valence-corrected chi connectivity index (χ1v) is 8.87. The van der Waals surface area contributed by atoms with E-state index in [1.54, 1.807) is 11.8 Å². The predicted molar refractivity (Wildman–Crippen MR) is 90.8 cm³/mol. The van der Waals surface area contributed by atoms with Crippen LogP contribution < -0.4 is 10.6 Å². The Morgan fingerprint density at radius 3 is 2.57 bits per heavy atom. The average molecular weight is 303 g/mol. The van der Waals surface area contributed by atoms with Crippen molar-refractivity contribution in [2.75, 3.05) is 17.2 Å².